The van der Waals surface area contributed by atoms with Crippen molar-refractivity contribution in [2.75, 3.05) is 7.11 Å². The number of rotatable bonds is 4. The van der Waals surface area contributed by atoms with E-state index < -0.39 is 5.97 Å². The molecule has 0 radical (unpaired) electrons. The second-order valence-corrected chi connectivity index (χ2v) is 6.26. The summed E-state index contributed by atoms with van der Waals surface area (Å²) in [6, 6.07) is 7.52. The molecule has 0 aliphatic carbocycles. The Labute approximate surface area is 123 Å². The Kier molecular flexibility index (Phi) is 4.79. The van der Waals surface area contributed by atoms with Crippen LogP contribution in [0, 0.1) is 6.92 Å². The summed E-state index contributed by atoms with van der Waals surface area (Å²) in [5.41, 5.74) is 1.02. The zero-order valence-electron chi connectivity index (χ0n) is 10.3. The van der Waals surface area contributed by atoms with Crippen LogP contribution in [0.15, 0.2) is 34.3 Å². The van der Waals surface area contributed by atoms with Crippen molar-refractivity contribution >= 4 is 39.2 Å². The van der Waals surface area contributed by atoms with E-state index in [4.69, 9.17) is 11.6 Å². The summed E-state index contributed by atoms with van der Waals surface area (Å²) in [6.45, 7) is 1.79. The van der Waals surface area contributed by atoms with Gasteiger partial charge in [-0.2, -0.15) is 0 Å². The van der Waals surface area contributed by atoms with Gasteiger partial charge in [0, 0.05) is 15.6 Å². The lowest BCUT2D eigenvalue weighted by Gasteiger charge is -1.98. The van der Waals surface area contributed by atoms with E-state index in [0.717, 1.165) is 4.90 Å². The summed E-state index contributed by atoms with van der Waals surface area (Å²) in [5, 5.41) is 1.37. The molecular weight excluding hydrogens is 304 g/mol. The Morgan fingerprint density at radius 1 is 1.32 bits per heavy atom. The van der Waals surface area contributed by atoms with Gasteiger partial charge in [-0.1, -0.05) is 11.6 Å². The minimum Gasteiger partial charge on any atom is -0.464 e. The molecule has 2 rings (SSSR count). The summed E-state index contributed by atoms with van der Waals surface area (Å²) in [4.78, 5) is 19.7. The molecule has 0 spiro atoms. The molecule has 7 heteroatoms. The van der Waals surface area contributed by atoms with Gasteiger partial charge in [0.25, 0.3) is 0 Å². The van der Waals surface area contributed by atoms with E-state index in [1.807, 2.05) is 24.3 Å². The van der Waals surface area contributed by atoms with Crippen molar-refractivity contribution < 1.29 is 9.53 Å². The smallest absolute Gasteiger partial charge is 0.358 e. The molecule has 0 unspecified atom stereocenters. The average Bonchev–Trinajstić information content (AvgIpc) is 2.78. The second-order valence-electron chi connectivity index (χ2n) is 3.63. The van der Waals surface area contributed by atoms with E-state index in [1.165, 1.54) is 28.7 Å². The number of ether oxygens (including phenoxy) is 1. The number of aromatic nitrogens is 2. The van der Waals surface area contributed by atoms with Crippen LogP contribution in [0.1, 0.15) is 16.2 Å². The normalized spacial score (nSPS) is 10.5. The first-order chi connectivity index (χ1) is 9.10. The molecule has 19 heavy (non-hydrogen) atoms. The molecule has 0 bridgehead atoms. The zero-order chi connectivity index (χ0) is 13.8. The predicted octanol–water partition coefficient (Wildman–Crippen LogP) is 3.96. The van der Waals surface area contributed by atoms with Gasteiger partial charge in [0.1, 0.15) is 0 Å². The van der Waals surface area contributed by atoms with Crippen LogP contribution in [-0.4, -0.2) is 23.0 Å². The lowest BCUT2D eigenvalue weighted by Crippen LogP contribution is -2.03. The topological polar surface area (TPSA) is 55.0 Å². The number of imidazole rings is 1. The summed E-state index contributed by atoms with van der Waals surface area (Å²) in [5.74, 6) is -0.433. The van der Waals surface area contributed by atoms with Crippen LogP contribution >= 0.6 is 33.2 Å². The summed E-state index contributed by atoms with van der Waals surface area (Å²) < 4.78 is 4.65. The molecule has 2 aromatic rings. The Morgan fingerprint density at radius 2 is 2.00 bits per heavy atom. The first kappa shape index (κ1) is 14.3. The number of halogens is 1. The molecule has 0 amide bonds. The number of aromatic amines is 1. The number of esters is 1. The highest BCUT2D eigenvalue weighted by Crippen LogP contribution is 2.36. The standard InChI is InChI=1S/C12H11ClN2O2S2/c1-7-10(11(16)17-2)15-12(14-7)19-18-9-5-3-8(13)4-6-9/h3-6H,1-2H3,(H,14,15). The molecule has 0 fully saturated rings. The van der Waals surface area contributed by atoms with Crippen molar-refractivity contribution in [1.29, 1.82) is 0 Å². The molecule has 100 valence electrons. The van der Waals surface area contributed by atoms with Crippen LogP contribution < -0.4 is 0 Å². The van der Waals surface area contributed by atoms with Crippen molar-refractivity contribution in [3.05, 3.63) is 40.7 Å². The first-order valence-corrected chi connectivity index (χ1v) is 7.88. The molecule has 4 nitrogen and oxygen atoms in total. The highest BCUT2D eigenvalue weighted by molar-refractivity contribution is 8.76. The Bertz CT molecular complexity index is 584. The van der Waals surface area contributed by atoms with Crippen molar-refractivity contribution in [1.82, 2.24) is 9.97 Å². The van der Waals surface area contributed by atoms with E-state index in [2.05, 4.69) is 14.7 Å². The highest BCUT2D eigenvalue weighted by atomic mass is 35.5. The quantitative estimate of drug-likeness (QED) is 0.684. The van der Waals surface area contributed by atoms with Crippen molar-refractivity contribution in [2.24, 2.45) is 0 Å². The van der Waals surface area contributed by atoms with Crippen molar-refractivity contribution in [2.45, 2.75) is 17.0 Å². The van der Waals surface area contributed by atoms with E-state index in [0.29, 0.717) is 21.6 Å². The number of H-pyrrole nitrogens is 1. The van der Waals surface area contributed by atoms with E-state index >= 15 is 0 Å². The van der Waals surface area contributed by atoms with Crippen LogP contribution in [0.5, 0.6) is 0 Å². The van der Waals surface area contributed by atoms with Gasteiger partial charge in [-0.25, -0.2) is 9.78 Å². The minimum atomic E-state index is -0.433. The summed E-state index contributed by atoms with van der Waals surface area (Å²) >= 11 is 5.82. The third kappa shape index (κ3) is 3.68. The van der Waals surface area contributed by atoms with Gasteiger partial charge >= 0.3 is 5.97 Å². The molecule has 1 heterocycles. The Morgan fingerprint density at radius 3 is 2.63 bits per heavy atom. The fraction of sp³-hybridized carbons (Fsp3) is 0.167. The molecular formula is C12H11ClN2O2S2. The Hall–Kier alpha value is -1.11. The van der Waals surface area contributed by atoms with Crippen LogP contribution in [0.4, 0.5) is 0 Å². The van der Waals surface area contributed by atoms with Crippen LogP contribution in [-0.2, 0) is 4.74 Å². The maximum Gasteiger partial charge on any atom is 0.358 e. The lowest BCUT2D eigenvalue weighted by molar-refractivity contribution is 0.0593. The SMILES string of the molecule is COC(=O)c1nc(SSc2ccc(Cl)cc2)[nH]c1C. The maximum atomic E-state index is 11.4. The number of methoxy groups -OCH3 is 1. The fourth-order valence-corrected chi connectivity index (χ4v) is 3.31. The van der Waals surface area contributed by atoms with Crippen LogP contribution in [0.2, 0.25) is 5.02 Å². The minimum absolute atomic E-state index is 0.321. The van der Waals surface area contributed by atoms with Gasteiger partial charge in [0.05, 0.1) is 7.11 Å². The molecule has 1 aromatic heterocycles. The Balaban J connectivity index is 2.04. The number of nitrogens with zero attached hydrogens (tertiary/aromatic N) is 1. The van der Waals surface area contributed by atoms with E-state index in [-0.39, 0.29) is 0 Å². The van der Waals surface area contributed by atoms with Gasteiger partial charge in [0.2, 0.25) is 0 Å². The molecule has 0 atom stereocenters. The van der Waals surface area contributed by atoms with Crippen LogP contribution in [0.3, 0.4) is 0 Å². The largest absolute Gasteiger partial charge is 0.464 e. The molecule has 0 aliphatic heterocycles. The molecule has 1 aromatic carbocycles. The molecule has 1 N–H and O–H groups in total. The number of hydrogen-bond acceptors (Lipinski definition) is 5. The zero-order valence-corrected chi connectivity index (χ0v) is 12.7. The van der Waals surface area contributed by atoms with Gasteiger partial charge in [-0.05, 0) is 52.8 Å². The molecule has 0 aliphatic rings. The monoisotopic (exact) mass is 314 g/mol. The van der Waals surface area contributed by atoms with Crippen LogP contribution in [0.25, 0.3) is 0 Å². The first-order valence-electron chi connectivity index (χ1n) is 5.35. The molecule has 0 saturated carbocycles. The fourth-order valence-electron chi connectivity index (χ4n) is 1.35. The number of hydrogen-bond donors (Lipinski definition) is 1. The highest BCUT2D eigenvalue weighted by Gasteiger charge is 2.15. The van der Waals surface area contributed by atoms with Crippen molar-refractivity contribution in [3.63, 3.8) is 0 Å². The predicted molar refractivity (Wildman–Crippen MR) is 77.8 cm³/mol. The summed E-state index contributed by atoms with van der Waals surface area (Å²) in [6.07, 6.45) is 0. The van der Waals surface area contributed by atoms with Gasteiger partial charge < -0.3 is 9.72 Å². The van der Waals surface area contributed by atoms with E-state index in [1.54, 1.807) is 6.92 Å². The number of carbonyl (C=O) groups is 1. The van der Waals surface area contributed by atoms with E-state index in [9.17, 15) is 4.79 Å². The summed E-state index contributed by atoms with van der Waals surface area (Å²) in [7, 11) is 4.32. The van der Waals surface area contributed by atoms with Gasteiger partial charge in [-0.3, -0.25) is 0 Å². The third-order valence-corrected chi connectivity index (χ3v) is 4.72. The number of nitrogens with one attached hydrogen (secondary N) is 1. The average molecular weight is 315 g/mol. The van der Waals surface area contributed by atoms with Gasteiger partial charge in [-0.15, -0.1) is 0 Å². The number of aryl methyl sites for hydroxylation is 1. The van der Waals surface area contributed by atoms with Gasteiger partial charge in [0.15, 0.2) is 10.9 Å². The number of benzene rings is 1. The third-order valence-electron chi connectivity index (χ3n) is 2.27. The molecule has 0 saturated heterocycles. The van der Waals surface area contributed by atoms with Crippen molar-refractivity contribution in [3.8, 4) is 0 Å². The lowest BCUT2D eigenvalue weighted by atomic mass is 10.3. The second kappa shape index (κ2) is 6.36. The maximum absolute atomic E-state index is 11.4. The number of carbonyl (C=O) groups excluding carboxylic acids is 1.